The van der Waals surface area contributed by atoms with Crippen LogP contribution in [0, 0.1) is 11.8 Å². The van der Waals surface area contributed by atoms with Crippen LogP contribution >= 0.6 is 0 Å². The average Bonchev–Trinajstić information content (AvgIpc) is 3.36. The Labute approximate surface area is 315 Å². The predicted molar refractivity (Wildman–Crippen MR) is 202 cm³/mol. The van der Waals surface area contributed by atoms with Crippen LogP contribution in [-0.2, 0) is 49.6 Å². The number of hydrogen-bond acceptors (Lipinski definition) is 9. The number of benzene rings is 1. The smallest absolute Gasteiger partial charge is 0.308 e. The number of nitrogens with zero attached hydrogens (tertiary/aromatic N) is 1. The lowest BCUT2D eigenvalue weighted by molar-refractivity contribution is -0.148. The fourth-order valence-corrected chi connectivity index (χ4v) is 4.97. The number of carbonyl (C=O) groups excluding carboxylic acids is 7. The van der Waals surface area contributed by atoms with E-state index in [2.05, 4.69) is 35.1 Å². The van der Waals surface area contributed by atoms with E-state index in [-0.39, 0.29) is 80.4 Å². The SMILES string of the molecule is CCC.CCC1CC(=O)N(CCC(=O)NC(C)(C)CCOC(C)(C)CCC(=O)NCC(=O)NC(C)C(=O)Nc2ccc(COC(=O)C(C)C)cc2)C1=O. The maximum Gasteiger partial charge on any atom is 0.308 e. The van der Waals surface area contributed by atoms with Crippen LogP contribution in [0.5, 0.6) is 0 Å². The van der Waals surface area contributed by atoms with E-state index in [9.17, 15) is 33.6 Å². The Balaban J connectivity index is 0.00000452. The molecule has 1 aliphatic heterocycles. The monoisotopic (exact) mass is 745 g/mol. The number of carbonyl (C=O) groups is 7. The molecule has 0 radical (unpaired) electrons. The Morgan fingerprint density at radius 2 is 1.51 bits per heavy atom. The summed E-state index contributed by atoms with van der Waals surface area (Å²) >= 11 is 0. The van der Waals surface area contributed by atoms with E-state index in [4.69, 9.17) is 9.47 Å². The standard InChI is InChI=1S/C36H55N5O9.C3H8/c1-9-26-20-31(45)41(33(26)47)18-15-29(43)40-35(5,6)17-19-50-36(7,8)16-14-28(42)37-21-30(44)38-24(4)32(46)39-27-12-10-25(11-13-27)22-49-34(48)23(2)3;1-3-2/h10-13,23-24,26H,9,14-22H2,1-8H3,(H,37,42)(H,38,44)(H,39,46)(H,40,43);3H2,1-2H3. The third-order valence-electron chi connectivity index (χ3n) is 8.34. The average molecular weight is 746 g/mol. The van der Waals surface area contributed by atoms with E-state index in [0.29, 0.717) is 31.6 Å². The molecule has 0 bridgehead atoms. The van der Waals surface area contributed by atoms with Gasteiger partial charge in [-0.25, -0.2) is 0 Å². The number of amides is 6. The van der Waals surface area contributed by atoms with Crippen LogP contribution in [0.1, 0.15) is 120 Å². The molecule has 298 valence electrons. The first-order valence-electron chi connectivity index (χ1n) is 18.7. The van der Waals surface area contributed by atoms with Crippen molar-refractivity contribution >= 4 is 47.1 Å². The highest BCUT2D eigenvalue weighted by Gasteiger charge is 2.37. The summed E-state index contributed by atoms with van der Waals surface area (Å²) in [6.45, 7) is 18.8. The van der Waals surface area contributed by atoms with Gasteiger partial charge in [-0.3, -0.25) is 38.5 Å². The molecule has 1 aromatic rings. The number of anilines is 1. The number of rotatable bonds is 20. The van der Waals surface area contributed by atoms with Crippen molar-refractivity contribution in [2.75, 3.05) is 25.0 Å². The first kappa shape index (κ1) is 46.7. The van der Waals surface area contributed by atoms with Gasteiger partial charge in [0.15, 0.2) is 0 Å². The van der Waals surface area contributed by atoms with Gasteiger partial charge in [0.2, 0.25) is 35.4 Å². The summed E-state index contributed by atoms with van der Waals surface area (Å²) in [6.07, 6.45) is 3.04. The molecule has 2 unspecified atom stereocenters. The van der Waals surface area contributed by atoms with E-state index >= 15 is 0 Å². The zero-order valence-electron chi connectivity index (χ0n) is 33.4. The van der Waals surface area contributed by atoms with Crippen molar-refractivity contribution < 1.29 is 43.0 Å². The lowest BCUT2D eigenvalue weighted by Gasteiger charge is -2.30. The Morgan fingerprint density at radius 3 is 2.08 bits per heavy atom. The van der Waals surface area contributed by atoms with Gasteiger partial charge in [0, 0.05) is 49.6 Å². The van der Waals surface area contributed by atoms with Crippen LogP contribution in [0.25, 0.3) is 0 Å². The van der Waals surface area contributed by atoms with Crippen molar-refractivity contribution in [2.45, 2.75) is 138 Å². The Morgan fingerprint density at radius 1 is 0.887 bits per heavy atom. The topological polar surface area (TPSA) is 189 Å². The van der Waals surface area contributed by atoms with Crippen molar-refractivity contribution in [3.05, 3.63) is 29.8 Å². The molecule has 1 aromatic carbocycles. The van der Waals surface area contributed by atoms with Gasteiger partial charge in [0.05, 0.1) is 18.1 Å². The fraction of sp³-hybridized carbons (Fsp3) is 0.667. The molecule has 6 amide bonds. The van der Waals surface area contributed by atoms with Crippen molar-refractivity contribution in [3.63, 3.8) is 0 Å². The second-order valence-corrected chi connectivity index (χ2v) is 15.0. The van der Waals surface area contributed by atoms with Gasteiger partial charge in [0.25, 0.3) is 0 Å². The number of nitrogens with one attached hydrogen (secondary N) is 4. The van der Waals surface area contributed by atoms with E-state index in [1.807, 2.05) is 34.6 Å². The van der Waals surface area contributed by atoms with Gasteiger partial charge in [-0.15, -0.1) is 0 Å². The van der Waals surface area contributed by atoms with Crippen LogP contribution in [0.3, 0.4) is 0 Å². The van der Waals surface area contributed by atoms with Gasteiger partial charge in [-0.2, -0.15) is 0 Å². The largest absolute Gasteiger partial charge is 0.461 e. The van der Waals surface area contributed by atoms with E-state index in [1.165, 1.54) is 18.2 Å². The van der Waals surface area contributed by atoms with E-state index in [1.54, 1.807) is 38.1 Å². The second-order valence-electron chi connectivity index (χ2n) is 15.0. The molecule has 0 aliphatic carbocycles. The molecule has 4 N–H and O–H groups in total. The molecule has 0 spiro atoms. The number of ether oxygens (including phenoxy) is 2. The Kier molecular flexibility index (Phi) is 20.0. The highest BCUT2D eigenvalue weighted by molar-refractivity contribution is 6.03. The maximum absolute atomic E-state index is 12.6. The molecule has 14 nitrogen and oxygen atoms in total. The predicted octanol–water partition coefficient (Wildman–Crippen LogP) is 4.40. The molecule has 1 heterocycles. The lowest BCUT2D eigenvalue weighted by Crippen LogP contribution is -2.46. The highest BCUT2D eigenvalue weighted by atomic mass is 16.5. The maximum atomic E-state index is 12.6. The van der Waals surface area contributed by atoms with Crippen molar-refractivity contribution in [3.8, 4) is 0 Å². The first-order chi connectivity index (χ1) is 24.7. The van der Waals surface area contributed by atoms with Crippen molar-refractivity contribution in [1.29, 1.82) is 0 Å². The molecule has 1 saturated heterocycles. The molecule has 2 rings (SSSR count). The van der Waals surface area contributed by atoms with Gasteiger partial charge in [-0.05, 0) is 71.6 Å². The zero-order chi connectivity index (χ0) is 40.4. The van der Waals surface area contributed by atoms with E-state index in [0.717, 1.165) is 5.56 Å². The van der Waals surface area contributed by atoms with Crippen LogP contribution in [0.4, 0.5) is 5.69 Å². The molecule has 1 fully saturated rings. The van der Waals surface area contributed by atoms with Crippen molar-refractivity contribution in [2.24, 2.45) is 11.8 Å². The minimum atomic E-state index is -0.862. The second kappa shape index (κ2) is 22.7. The summed E-state index contributed by atoms with van der Waals surface area (Å²) in [6, 6.07) is 5.93. The van der Waals surface area contributed by atoms with Crippen LogP contribution in [0.2, 0.25) is 0 Å². The van der Waals surface area contributed by atoms with Gasteiger partial charge >= 0.3 is 5.97 Å². The molecule has 0 aromatic heterocycles. The molecule has 2 atom stereocenters. The summed E-state index contributed by atoms with van der Waals surface area (Å²) in [5.74, 6) is -2.83. The van der Waals surface area contributed by atoms with Gasteiger partial charge < -0.3 is 30.7 Å². The van der Waals surface area contributed by atoms with Crippen molar-refractivity contribution in [1.82, 2.24) is 20.9 Å². The molecule has 14 heteroatoms. The first-order valence-corrected chi connectivity index (χ1v) is 18.7. The lowest BCUT2D eigenvalue weighted by atomic mass is 9.99. The molecular weight excluding hydrogens is 682 g/mol. The van der Waals surface area contributed by atoms with Gasteiger partial charge in [0.1, 0.15) is 12.6 Å². The molecule has 53 heavy (non-hydrogen) atoms. The highest BCUT2D eigenvalue weighted by Crippen LogP contribution is 2.23. The summed E-state index contributed by atoms with van der Waals surface area (Å²) < 4.78 is 11.2. The fourth-order valence-electron chi connectivity index (χ4n) is 4.97. The molecule has 0 saturated carbocycles. The third kappa shape index (κ3) is 18.3. The zero-order valence-corrected chi connectivity index (χ0v) is 33.4. The Bertz CT molecular complexity index is 1390. The van der Waals surface area contributed by atoms with E-state index < -0.39 is 29.0 Å². The number of imide groups is 1. The van der Waals surface area contributed by atoms with Gasteiger partial charge in [-0.1, -0.05) is 53.2 Å². The van der Waals surface area contributed by atoms with Crippen LogP contribution in [0.15, 0.2) is 24.3 Å². The summed E-state index contributed by atoms with van der Waals surface area (Å²) in [5, 5.41) is 10.8. The normalized spacial score (nSPS) is 14.9. The minimum absolute atomic E-state index is 0.0260. The summed E-state index contributed by atoms with van der Waals surface area (Å²) in [7, 11) is 0. The molecule has 1 aliphatic rings. The number of hydrogen-bond donors (Lipinski definition) is 4. The minimum Gasteiger partial charge on any atom is -0.461 e. The third-order valence-corrected chi connectivity index (χ3v) is 8.34. The number of likely N-dealkylation sites (tertiary alicyclic amines) is 1. The molecular formula is C39H63N5O9. The van der Waals surface area contributed by atoms with Crippen LogP contribution < -0.4 is 21.3 Å². The number of esters is 1. The quantitative estimate of drug-likeness (QED) is 0.111. The Hall–Kier alpha value is -4.33. The summed E-state index contributed by atoms with van der Waals surface area (Å²) in [5.41, 5.74) is 0.0170. The van der Waals surface area contributed by atoms with Crippen LogP contribution in [-0.4, -0.2) is 83.2 Å². The summed E-state index contributed by atoms with van der Waals surface area (Å²) in [4.78, 5) is 87.1.